The molecule has 1 heterocycles. The van der Waals surface area contributed by atoms with Gasteiger partial charge in [-0.15, -0.1) is 0 Å². The zero-order valence-corrected chi connectivity index (χ0v) is 14.6. The van der Waals surface area contributed by atoms with Crippen molar-refractivity contribution in [2.45, 2.75) is 70.9 Å². The van der Waals surface area contributed by atoms with Gasteiger partial charge in [-0.1, -0.05) is 13.8 Å². The van der Waals surface area contributed by atoms with Crippen molar-refractivity contribution < 1.29 is 5.11 Å². The Kier molecular flexibility index (Phi) is 6.10. The van der Waals surface area contributed by atoms with E-state index in [9.17, 15) is 5.11 Å². The molecule has 2 N–H and O–H groups in total. The van der Waals surface area contributed by atoms with Gasteiger partial charge in [-0.2, -0.15) is 0 Å². The average molecular weight is 296 g/mol. The Morgan fingerprint density at radius 3 is 2.67 bits per heavy atom. The van der Waals surface area contributed by atoms with E-state index in [1.54, 1.807) is 0 Å². The first-order valence-electron chi connectivity index (χ1n) is 9.03. The van der Waals surface area contributed by atoms with E-state index >= 15 is 0 Å². The van der Waals surface area contributed by atoms with E-state index in [0.717, 1.165) is 50.1 Å². The highest BCUT2D eigenvalue weighted by Crippen LogP contribution is 2.35. The van der Waals surface area contributed by atoms with E-state index in [1.165, 1.54) is 25.8 Å². The van der Waals surface area contributed by atoms with Crippen LogP contribution in [0.1, 0.15) is 59.3 Å². The molecule has 0 aromatic rings. The number of hydrogen-bond donors (Lipinski definition) is 2. The second-order valence-corrected chi connectivity index (χ2v) is 8.12. The highest BCUT2D eigenvalue weighted by atomic mass is 16.3. The van der Waals surface area contributed by atoms with Crippen LogP contribution in [0.3, 0.4) is 0 Å². The highest BCUT2D eigenvalue weighted by molar-refractivity contribution is 4.88. The van der Waals surface area contributed by atoms with Crippen molar-refractivity contribution in [1.82, 2.24) is 10.2 Å². The van der Waals surface area contributed by atoms with Crippen molar-refractivity contribution in [2.75, 3.05) is 26.7 Å². The second-order valence-electron chi connectivity index (χ2n) is 8.12. The molecule has 2 rings (SSSR count). The maximum atomic E-state index is 10.3. The first kappa shape index (κ1) is 17.2. The van der Waals surface area contributed by atoms with Gasteiger partial charge in [-0.05, 0) is 76.8 Å². The fraction of sp³-hybridized carbons (Fsp3) is 1.00. The molecule has 1 saturated heterocycles. The van der Waals surface area contributed by atoms with Gasteiger partial charge in [0.05, 0.1) is 5.60 Å². The average Bonchev–Trinajstić information content (AvgIpc) is 2.60. The minimum atomic E-state index is -0.440. The van der Waals surface area contributed by atoms with Gasteiger partial charge >= 0.3 is 0 Å². The third-order valence-corrected chi connectivity index (χ3v) is 5.99. The molecular weight excluding hydrogens is 260 g/mol. The van der Waals surface area contributed by atoms with Crippen molar-refractivity contribution in [1.29, 1.82) is 0 Å². The number of nitrogens with zero attached hydrogens (tertiary/aromatic N) is 1. The van der Waals surface area contributed by atoms with Crippen LogP contribution in [0.25, 0.3) is 0 Å². The zero-order valence-electron chi connectivity index (χ0n) is 14.6. The van der Waals surface area contributed by atoms with Gasteiger partial charge in [-0.3, -0.25) is 0 Å². The Morgan fingerprint density at radius 1 is 1.24 bits per heavy atom. The van der Waals surface area contributed by atoms with E-state index in [0.29, 0.717) is 6.04 Å². The molecule has 3 heteroatoms. The van der Waals surface area contributed by atoms with Crippen LogP contribution < -0.4 is 5.32 Å². The van der Waals surface area contributed by atoms with E-state index in [1.807, 2.05) is 6.92 Å². The zero-order chi connectivity index (χ0) is 15.5. The molecule has 1 saturated carbocycles. The fourth-order valence-corrected chi connectivity index (χ4v) is 4.32. The molecule has 1 aliphatic carbocycles. The van der Waals surface area contributed by atoms with E-state index in [4.69, 9.17) is 0 Å². The summed E-state index contributed by atoms with van der Waals surface area (Å²) >= 11 is 0. The van der Waals surface area contributed by atoms with Gasteiger partial charge in [0, 0.05) is 19.1 Å². The minimum Gasteiger partial charge on any atom is -0.390 e. The molecule has 0 aromatic heterocycles. The van der Waals surface area contributed by atoms with Gasteiger partial charge in [0.25, 0.3) is 0 Å². The highest BCUT2D eigenvalue weighted by Gasteiger charge is 2.33. The summed E-state index contributed by atoms with van der Waals surface area (Å²) in [4.78, 5) is 2.61. The standard InChI is InChI=1S/C18H36N2O/c1-14(2)15-6-7-17(19-4)16(12-15)13-20-10-5-8-18(3,21)9-11-20/h14-17,19,21H,5-13H2,1-4H3. The number of likely N-dealkylation sites (tertiary alicyclic amines) is 1. The van der Waals surface area contributed by atoms with E-state index in [-0.39, 0.29) is 0 Å². The van der Waals surface area contributed by atoms with Gasteiger partial charge in [0.15, 0.2) is 0 Å². The SMILES string of the molecule is CNC1CCC(C(C)C)CC1CN1CCCC(C)(O)CC1. The predicted molar refractivity (Wildman–Crippen MR) is 89.4 cm³/mol. The maximum absolute atomic E-state index is 10.3. The van der Waals surface area contributed by atoms with Crippen LogP contribution in [0.5, 0.6) is 0 Å². The topological polar surface area (TPSA) is 35.5 Å². The van der Waals surface area contributed by atoms with Crippen LogP contribution in [0.15, 0.2) is 0 Å². The lowest BCUT2D eigenvalue weighted by Crippen LogP contribution is -2.45. The van der Waals surface area contributed by atoms with Gasteiger partial charge in [-0.25, -0.2) is 0 Å². The summed E-state index contributed by atoms with van der Waals surface area (Å²) in [6, 6.07) is 0.684. The van der Waals surface area contributed by atoms with Gasteiger partial charge in [0.2, 0.25) is 0 Å². The van der Waals surface area contributed by atoms with Crippen molar-refractivity contribution in [3.8, 4) is 0 Å². The summed E-state index contributed by atoms with van der Waals surface area (Å²) in [5, 5.41) is 13.8. The number of aliphatic hydroxyl groups is 1. The molecule has 124 valence electrons. The molecule has 0 bridgehead atoms. The van der Waals surface area contributed by atoms with Crippen molar-refractivity contribution in [3.63, 3.8) is 0 Å². The van der Waals surface area contributed by atoms with Crippen LogP contribution in [0.4, 0.5) is 0 Å². The van der Waals surface area contributed by atoms with Crippen LogP contribution >= 0.6 is 0 Å². The normalized spacial score (nSPS) is 39.4. The lowest BCUT2D eigenvalue weighted by atomic mass is 9.73. The Labute approximate surface area is 131 Å². The smallest absolute Gasteiger partial charge is 0.0632 e. The van der Waals surface area contributed by atoms with E-state index in [2.05, 4.69) is 31.1 Å². The lowest BCUT2D eigenvalue weighted by molar-refractivity contribution is 0.0430. The minimum absolute atomic E-state index is 0.440. The largest absolute Gasteiger partial charge is 0.390 e. The fourth-order valence-electron chi connectivity index (χ4n) is 4.32. The van der Waals surface area contributed by atoms with Crippen LogP contribution in [0, 0.1) is 17.8 Å². The summed E-state index contributed by atoms with van der Waals surface area (Å²) in [6.45, 7) is 10.2. The van der Waals surface area contributed by atoms with Gasteiger partial charge in [0.1, 0.15) is 0 Å². The molecular formula is C18H36N2O. The monoisotopic (exact) mass is 296 g/mol. The molecule has 2 aliphatic rings. The Bertz CT molecular complexity index is 316. The number of hydrogen-bond acceptors (Lipinski definition) is 3. The Morgan fingerprint density at radius 2 is 2.00 bits per heavy atom. The van der Waals surface area contributed by atoms with Crippen LogP contribution in [-0.2, 0) is 0 Å². The van der Waals surface area contributed by atoms with Crippen molar-refractivity contribution in [3.05, 3.63) is 0 Å². The summed E-state index contributed by atoms with van der Waals surface area (Å²) in [6.07, 6.45) is 7.10. The third kappa shape index (κ3) is 4.94. The molecule has 4 unspecified atom stereocenters. The first-order valence-corrected chi connectivity index (χ1v) is 9.03. The molecule has 0 spiro atoms. The van der Waals surface area contributed by atoms with Gasteiger partial charge < -0.3 is 15.3 Å². The summed E-state index contributed by atoms with van der Waals surface area (Å²) in [5.74, 6) is 2.49. The number of nitrogens with one attached hydrogen (secondary N) is 1. The Balaban J connectivity index is 1.91. The predicted octanol–water partition coefficient (Wildman–Crippen LogP) is 2.88. The molecule has 2 fully saturated rings. The van der Waals surface area contributed by atoms with Crippen molar-refractivity contribution in [2.24, 2.45) is 17.8 Å². The Hall–Kier alpha value is -0.120. The summed E-state index contributed by atoms with van der Waals surface area (Å²) < 4.78 is 0. The molecule has 0 aromatic carbocycles. The quantitative estimate of drug-likeness (QED) is 0.837. The van der Waals surface area contributed by atoms with E-state index < -0.39 is 5.60 Å². The molecule has 0 radical (unpaired) electrons. The first-order chi connectivity index (χ1) is 9.91. The summed E-state index contributed by atoms with van der Waals surface area (Å²) in [5.41, 5.74) is -0.440. The maximum Gasteiger partial charge on any atom is 0.0632 e. The van der Waals surface area contributed by atoms with Crippen LogP contribution in [0.2, 0.25) is 0 Å². The second kappa shape index (κ2) is 7.43. The molecule has 21 heavy (non-hydrogen) atoms. The number of rotatable bonds is 4. The molecule has 4 atom stereocenters. The molecule has 0 amide bonds. The third-order valence-electron chi connectivity index (χ3n) is 5.99. The summed E-state index contributed by atoms with van der Waals surface area (Å²) in [7, 11) is 2.13. The van der Waals surface area contributed by atoms with Crippen molar-refractivity contribution >= 4 is 0 Å². The van der Waals surface area contributed by atoms with Crippen LogP contribution in [-0.4, -0.2) is 48.3 Å². The lowest BCUT2D eigenvalue weighted by Gasteiger charge is -2.40. The molecule has 1 aliphatic heterocycles. The molecule has 3 nitrogen and oxygen atoms in total.